The van der Waals surface area contributed by atoms with E-state index < -0.39 is 71.9 Å². The number of nitrogens with one attached hydrogen (secondary N) is 1. The van der Waals surface area contributed by atoms with Crippen LogP contribution >= 0.6 is 0 Å². The number of nitrogens with zero attached hydrogens (tertiary/aromatic N) is 3. The number of hydrogen-bond donors (Lipinski definition) is 5. The predicted molar refractivity (Wildman–Crippen MR) is 217 cm³/mol. The average molecular weight is 789 g/mol. The summed E-state index contributed by atoms with van der Waals surface area (Å²) in [6.45, 7) is 16.5. The number of cyclic esters (lactones) is 1. The molecule has 0 saturated carbocycles. The summed E-state index contributed by atoms with van der Waals surface area (Å²) in [5.74, 6) is -2.62. The summed E-state index contributed by atoms with van der Waals surface area (Å²) in [5, 5.41) is 51.7. The third-order valence-corrected chi connectivity index (χ3v) is 12.2. The number of esters is 1. The van der Waals surface area contributed by atoms with Crippen LogP contribution in [0.25, 0.3) is 10.9 Å². The topological polar surface area (TPSA) is 166 Å². The molecule has 2 aliphatic rings. The van der Waals surface area contributed by atoms with Gasteiger partial charge >= 0.3 is 5.97 Å². The number of rotatable bonds is 11. The molecule has 2 aliphatic heterocycles. The van der Waals surface area contributed by atoms with Crippen LogP contribution in [0.15, 0.2) is 36.5 Å². The van der Waals surface area contributed by atoms with Gasteiger partial charge in [0.15, 0.2) is 6.29 Å². The van der Waals surface area contributed by atoms with Gasteiger partial charge < -0.3 is 54.5 Å². The lowest BCUT2D eigenvalue weighted by Gasteiger charge is -2.48. The van der Waals surface area contributed by atoms with Gasteiger partial charge in [0.05, 0.1) is 35.3 Å². The summed E-state index contributed by atoms with van der Waals surface area (Å²) in [4.78, 5) is 22.2. The first-order chi connectivity index (χ1) is 26.3. The number of pyridine rings is 1. The number of ether oxygens (including phenoxy) is 4. The van der Waals surface area contributed by atoms with Gasteiger partial charge in [-0.2, -0.15) is 0 Å². The Kier molecular flexibility index (Phi) is 16.7. The van der Waals surface area contributed by atoms with Crippen molar-refractivity contribution >= 4 is 16.9 Å². The molecule has 0 bridgehead atoms. The Morgan fingerprint density at radius 3 is 2.46 bits per heavy atom. The van der Waals surface area contributed by atoms with Crippen molar-refractivity contribution in [1.29, 1.82) is 0 Å². The van der Waals surface area contributed by atoms with Crippen LogP contribution in [0.3, 0.4) is 0 Å². The molecule has 4 rings (SSSR count). The molecule has 1 aromatic carbocycles. The molecule has 2 saturated heterocycles. The van der Waals surface area contributed by atoms with Gasteiger partial charge in [-0.3, -0.25) is 9.78 Å². The molecule has 0 spiro atoms. The zero-order chi connectivity index (χ0) is 41.5. The number of fused-ring (bicyclic) bond motifs is 1. The predicted octanol–water partition coefficient (Wildman–Crippen LogP) is 3.73. The highest BCUT2D eigenvalue weighted by Crippen LogP contribution is 2.37. The second-order valence-electron chi connectivity index (χ2n) is 17.5. The van der Waals surface area contributed by atoms with Crippen LogP contribution in [-0.2, 0) is 30.3 Å². The van der Waals surface area contributed by atoms with Crippen molar-refractivity contribution < 1.29 is 44.2 Å². The largest absolute Gasteiger partial charge is 0.459 e. The number of aliphatic hydroxyl groups excluding tert-OH is 2. The summed E-state index contributed by atoms with van der Waals surface area (Å²) < 4.78 is 25.8. The number of carbonyl (C=O) groups excluding carboxylic acids is 1. The Labute approximate surface area is 335 Å². The lowest BCUT2D eigenvalue weighted by atomic mass is 9.78. The fourth-order valence-corrected chi connectivity index (χ4v) is 8.77. The van der Waals surface area contributed by atoms with E-state index >= 15 is 0 Å². The van der Waals surface area contributed by atoms with Crippen molar-refractivity contribution in [2.24, 2.45) is 17.8 Å². The van der Waals surface area contributed by atoms with Gasteiger partial charge in [-0.15, -0.1) is 0 Å². The van der Waals surface area contributed by atoms with Gasteiger partial charge in [-0.05, 0) is 112 Å². The highest BCUT2D eigenvalue weighted by Gasteiger charge is 2.50. The van der Waals surface area contributed by atoms with Crippen molar-refractivity contribution in [3.8, 4) is 0 Å². The van der Waals surface area contributed by atoms with E-state index in [1.165, 1.54) is 6.92 Å². The highest BCUT2D eigenvalue weighted by atomic mass is 16.7. The third-order valence-electron chi connectivity index (χ3n) is 12.2. The molecule has 2 aromatic rings. The van der Waals surface area contributed by atoms with E-state index in [1.54, 1.807) is 27.7 Å². The molecule has 0 unspecified atom stereocenters. The molecule has 14 atom stereocenters. The van der Waals surface area contributed by atoms with Gasteiger partial charge in [0.2, 0.25) is 0 Å². The van der Waals surface area contributed by atoms with Crippen molar-refractivity contribution in [1.82, 2.24) is 20.1 Å². The first-order valence-corrected chi connectivity index (χ1v) is 20.6. The zero-order valence-electron chi connectivity index (χ0n) is 35.7. The number of aliphatic hydroxyl groups is 4. The van der Waals surface area contributed by atoms with Crippen LogP contribution in [0.1, 0.15) is 86.6 Å². The smallest absolute Gasteiger partial charge is 0.311 e. The molecule has 56 heavy (non-hydrogen) atoms. The first kappa shape index (κ1) is 46.4. The lowest BCUT2D eigenvalue weighted by molar-refractivity contribution is -0.306. The normalized spacial score (nSPS) is 38.6. The molecule has 0 radical (unpaired) electrons. The number of benzene rings is 1. The van der Waals surface area contributed by atoms with Gasteiger partial charge in [-0.1, -0.05) is 39.0 Å². The Bertz CT molecular complexity index is 1530. The molecule has 13 nitrogen and oxygen atoms in total. The second-order valence-corrected chi connectivity index (χ2v) is 17.5. The second kappa shape index (κ2) is 20.1. The zero-order valence-corrected chi connectivity index (χ0v) is 35.7. The van der Waals surface area contributed by atoms with E-state index in [1.807, 2.05) is 71.2 Å². The summed E-state index contributed by atoms with van der Waals surface area (Å²) >= 11 is 0. The van der Waals surface area contributed by atoms with Crippen LogP contribution in [0, 0.1) is 17.8 Å². The van der Waals surface area contributed by atoms with Crippen molar-refractivity contribution in [2.45, 2.75) is 154 Å². The summed E-state index contributed by atoms with van der Waals surface area (Å²) in [6.07, 6.45) is -2.24. The monoisotopic (exact) mass is 789 g/mol. The maximum atomic E-state index is 13.6. The number of hydrogen-bond acceptors (Lipinski definition) is 13. The summed E-state index contributed by atoms with van der Waals surface area (Å²) in [5.41, 5.74) is -1.17. The molecule has 1 aromatic heterocycles. The average Bonchev–Trinajstić information content (AvgIpc) is 3.14. The number of para-hydroxylation sites is 1. The molecule has 3 heterocycles. The maximum Gasteiger partial charge on any atom is 0.311 e. The van der Waals surface area contributed by atoms with Gasteiger partial charge in [-0.25, -0.2) is 0 Å². The maximum absolute atomic E-state index is 13.6. The molecule has 0 amide bonds. The van der Waals surface area contributed by atoms with Gasteiger partial charge in [0.1, 0.15) is 23.9 Å². The minimum atomic E-state index is -1.76. The lowest BCUT2D eigenvalue weighted by Crippen LogP contribution is -2.60. The fraction of sp³-hybridized carbons (Fsp3) is 0.767. The molecule has 2 fully saturated rings. The van der Waals surface area contributed by atoms with Crippen LogP contribution in [-0.4, -0.2) is 148 Å². The van der Waals surface area contributed by atoms with Gasteiger partial charge in [0, 0.05) is 49.3 Å². The van der Waals surface area contributed by atoms with Crippen LogP contribution < -0.4 is 5.32 Å². The van der Waals surface area contributed by atoms with Crippen molar-refractivity contribution in [2.75, 3.05) is 40.8 Å². The van der Waals surface area contributed by atoms with E-state index in [9.17, 15) is 25.2 Å². The summed E-state index contributed by atoms with van der Waals surface area (Å²) in [7, 11) is 5.87. The van der Waals surface area contributed by atoms with Crippen molar-refractivity contribution in [3.05, 3.63) is 42.1 Å². The van der Waals surface area contributed by atoms with Crippen LogP contribution in [0.5, 0.6) is 0 Å². The molecule has 5 N–H and O–H groups in total. The fourth-order valence-electron chi connectivity index (χ4n) is 8.77. The molecular weight excluding hydrogens is 716 g/mol. The van der Waals surface area contributed by atoms with Crippen LogP contribution in [0.2, 0.25) is 0 Å². The molecule has 318 valence electrons. The Morgan fingerprint density at radius 2 is 1.79 bits per heavy atom. The third kappa shape index (κ3) is 11.5. The van der Waals surface area contributed by atoms with Crippen LogP contribution in [0.4, 0.5) is 0 Å². The Balaban J connectivity index is 1.55. The quantitative estimate of drug-likeness (QED) is 0.165. The number of likely N-dealkylation sites (N-methyl/N-ethyl adjacent to an activating group) is 2. The number of aromatic nitrogens is 1. The minimum Gasteiger partial charge on any atom is -0.459 e. The van der Waals surface area contributed by atoms with E-state index in [0.717, 1.165) is 29.4 Å². The molecule has 13 heteroatoms. The Morgan fingerprint density at radius 1 is 1.09 bits per heavy atom. The number of carbonyl (C=O) groups is 1. The molecule has 0 aliphatic carbocycles. The summed E-state index contributed by atoms with van der Waals surface area (Å²) in [6, 6.07) is 9.65. The van der Waals surface area contributed by atoms with E-state index in [4.69, 9.17) is 18.9 Å². The van der Waals surface area contributed by atoms with E-state index in [0.29, 0.717) is 26.1 Å². The highest BCUT2D eigenvalue weighted by molar-refractivity contribution is 5.78. The van der Waals surface area contributed by atoms with E-state index in [2.05, 4.69) is 27.3 Å². The standard InChI is InChI=1S/C43H72N4O9/c1-12-35-43(8,52)38(49)30(6)47(11)25-26(2)22-42(7,51)39(28(4)36(48)29(5)40(50)55-35)56-41-37(34(46(9)10)20-27(3)54-41)53-19-15-18-44-23-31-21-32-16-13-14-17-33(32)45-24-31/h13-14,16-17,21,24,26-30,34-39,41,44,48-49,51-52H,12,15,18-20,22-23,25H2,1-11H3/t26-,27-,28+,29-,30-,34+,35-,36+,37-,38-,39-,41+,42-,43-/m1/s1. The first-order valence-electron chi connectivity index (χ1n) is 20.6. The van der Waals surface area contributed by atoms with E-state index in [-0.39, 0.29) is 30.9 Å². The SMILES string of the molecule is CC[C@H]1OC(=O)[C@H](C)[C@@H](O)[C@H](C)[C@@H](O[C@@H]2O[C@H](C)C[C@H](N(C)C)[C@H]2OCCCNCc2cnc3ccccc3c2)[C@](C)(O)C[C@@H](C)CN(C)[C@H](C)[C@@H](O)[C@]1(C)O. The van der Waals surface area contributed by atoms with Crippen molar-refractivity contribution in [3.63, 3.8) is 0 Å². The Hall–Kier alpha value is -2.30. The molecular formula is C43H72N4O9. The minimum absolute atomic E-state index is 0.0546. The van der Waals surface area contributed by atoms with Gasteiger partial charge in [0.25, 0.3) is 0 Å².